The third-order valence-corrected chi connectivity index (χ3v) is 14.1. The summed E-state index contributed by atoms with van der Waals surface area (Å²) in [6.45, 7) is 0. The molecule has 5 heteroatoms. The maximum absolute atomic E-state index is 5.63. The van der Waals surface area contributed by atoms with Crippen LogP contribution in [0.3, 0.4) is 0 Å². The minimum absolute atomic E-state index is 0.621. The summed E-state index contributed by atoms with van der Waals surface area (Å²) in [7, 11) is 0. The second-order valence-corrected chi connectivity index (χ2v) is 17.9. The van der Waals surface area contributed by atoms with Crippen LogP contribution in [0.15, 0.2) is 224 Å². The molecule has 0 unspecified atom stereocenters. The second-order valence-electron chi connectivity index (χ2n) is 17.9. The molecule has 1 aliphatic rings. The monoisotopic (exact) mass is 867 g/mol. The number of aryl methyl sites for hydroxylation is 2. The van der Waals surface area contributed by atoms with E-state index in [2.05, 4.69) is 234 Å². The van der Waals surface area contributed by atoms with Gasteiger partial charge in [0.25, 0.3) is 0 Å². The Morgan fingerprint density at radius 2 is 0.882 bits per heavy atom. The molecule has 0 N–H and O–H groups in total. The maximum Gasteiger partial charge on any atom is 0.166 e. The minimum atomic E-state index is 0.621. The van der Waals surface area contributed by atoms with E-state index in [4.69, 9.17) is 15.0 Å². The summed E-state index contributed by atoms with van der Waals surface area (Å²) in [5.41, 5.74) is 17.0. The van der Waals surface area contributed by atoms with Gasteiger partial charge in [0.1, 0.15) is 0 Å². The van der Waals surface area contributed by atoms with Crippen molar-refractivity contribution in [3.8, 4) is 67.8 Å². The second kappa shape index (κ2) is 15.3. The lowest BCUT2D eigenvalue weighted by Gasteiger charge is -2.24. The summed E-state index contributed by atoms with van der Waals surface area (Å²) in [6, 6.07) is 80.8. The molecule has 68 heavy (non-hydrogen) atoms. The molecule has 5 nitrogen and oxygen atoms in total. The molecule has 3 aromatic heterocycles. The first-order valence-corrected chi connectivity index (χ1v) is 23.4. The van der Waals surface area contributed by atoms with Gasteiger partial charge in [-0.05, 0) is 112 Å². The van der Waals surface area contributed by atoms with Gasteiger partial charge in [-0.2, -0.15) is 0 Å². The summed E-state index contributed by atoms with van der Waals surface area (Å²) >= 11 is 0. The Morgan fingerprint density at radius 1 is 0.309 bits per heavy atom. The van der Waals surface area contributed by atoms with Crippen LogP contribution >= 0.6 is 0 Å². The third-order valence-electron chi connectivity index (χ3n) is 14.1. The quantitative estimate of drug-likeness (QED) is 0.167. The van der Waals surface area contributed by atoms with E-state index in [1.165, 1.54) is 43.8 Å². The number of rotatable bonds is 6. The molecule has 0 bridgehead atoms. The standard InChI is InChI=1S/C63H41N5/c1-3-16-40(17-4-1)41-30-33-43(34-31-41)61-64-62(51-26-15-29-57-60(51)50-25-12-14-28-56(50)67(57)47-21-5-2-6-22-47)66-63(65-61)54-37-46-35-32-42-18-9-10-23-48(42)52(46)39-59(54)68-55-27-13-11-24-49(55)53-36-44-19-7-8-20-45(44)38-58(53)68/h1-31,33-34,36-39H,32,35H2. The zero-order valence-corrected chi connectivity index (χ0v) is 37.0. The molecule has 1 aliphatic carbocycles. The molecule has 0 fully saturated rings. The fourth-order valence-electron chi connectivity index (χ4n) is 10.9. The molecule has 14 rings (SSSR count). The minimum Gasteiger partial charge on any atom is -0.309 e. The maximum atomic E-state index is 5.63. The van der Waals surface area contributed by atoms with Crippen LogP contribution in [0.25, 0.3) is 122 Å². The number of hydrogen-bond donors (Lipinski definition) is 0. The molecule has 0 aliphatic heterocycles. The number of fused-ring (bicyclic) bond motifs is 10. The smallest absolute Gasteiger partial charge is 0.166 e. The van der Waals surface area contributed by atoms with Crippen molar-refractivity contribution < 1.29 is 0 Å². The lowest BCUT2D eigenvalue weighted by Crippen LogP contribution is -2.09. The highest BCUT2D eigenvalue weighted by Crippen LogP contribution is 2.44. The third kappa shape index (κ3) is 6.06. The van der Waals surface area contributed by atoms with E-state index in [0.29, 0.717) is 17.5 Å². The molecule has 0 saturated heterocycles. The molecule has 0 amide bonds. The Hall–Kier alpha value is -8.93. The highest BCUT2D eigenvalue weighted by molar-refractivity contribution is 6.16. The summed E-state index contributed by atoms with van der Waals surface area (Å²) in [4.78, 5) is 16.6. The predicted octanol–water partition coefficient (Wildman–Crippen LogP) is 15.7. The van der Waals surface area contributed by atoms with Crippen LogP contribution in [0.1, 0.15) is 11.1 Å². The molecular weight excluding hydrogens is 827 g/mol. The van der Waals surface area contributed by atoms with Gasteiger partial charge in [-0.25, -0.2) is 15.0 Å². The van der Waals surface area contributed by atoms with E-state index in [1.54, 1.807) is 0 Å². The first kappa shape index (κ1) is 38.3. The molecule has 318 valence electrons. The Balaban J connectivity index is 1.08. The number of benzene rings is 10. The van der Waals surface area contributed by atoms with E-state index < -0.39 is 0 Å². The molecular formula is C63H41N5. The lowest BCUT2D eigenvalue weighted by molar-refractivity contribution is 0.939. The van der Waals surface area contributed by atoms with Gasteiger partial charge in [0.05, 0.1) is 27.8 Å². The number of hydrogen-bond acceptors (Lipinski definition) is 3. The van der Waals surface area contributed by atoms with E-state index in [1.807, 2.05) is 0 Å². The molecule has 3 heterocycles. The van der Waals surface area contributed by atoms with Crippen molar-refractivity contribution in [2.45, 2.75) is 12.8 Å². The molecule has 0 atom stereocenters. The normalized spacial score (nSPS) is 12.3. The molecule has 0 saturated carbocycles. The zero-order chi connectivity index (χ0) is 44.7. The van der Waals surface area contributed by atoms with E-state index in [9.17, 15) is 0 Å². The number of nitrogens with zero attached hydrogens (tertiary/aromatic N) is 5. The van der Waals surface area contributed by atoms with Crippen molar-refractivity contribution in [1.82, 2.24) is 24.1 Å². The van der Waals surface area contributed by atoms with Crippen LogP contribution in [-0.2, 0) is 12.8 Å². The predicted molar refractivity (Wildman–Crippen MR) is 281 cm³/mol. The van der Waals surface area contributed by atoms with Crippen LogP contribution < -0.4 is 0 Å². The Labute approximate surface area is 392 Å². The van der Waals surface area contributed by atoms with Crippen molar-refractivity contribution in [3.05, 3.63) is 236 Å². The molecule has 10 aromatic carbocycles. The highest BCUT2D eigenvalue weighted by Gasteiger charge is 2.26. The summed E-state index contributed by atoms with van der Waals surface area (Å²) in [6.07, 6.45) is 1.89. The largest absolute Gasteiger partial charge is 0.309 e. The van der Waals surface area contributed by atoms with Gasteiger partial charge in [0.15, 0.2) is 17.5 Å². The van der Waals surface area contributed by atoms with Crippen molar-refractivity contribution in [1.29, 1.82) is 0 Å². The zero-order valence-electron chi connectivity index (χ0n) is 37.0. The molecule has 0 spiro atoms. The van der Waals surface area contributed by atoms with Gasteiger partial charge in [-0.1, -0.05) is 170 Å². The van der Waals surface area contributed by atoms with Gasteiger partial charge < -0.3 is 9.13 Å². The van der Waals surface area contributed by atoms with Crippen molar-refractivity contribution >= 4 is 54.4 Å². The van der Waals surface area contributed by atoms with E-state index >= 15 is 0 Å². The Bertz CT molecular complexity index is 4130. The summed E-state index contributed by atoms with van der Waals surface area (Å²) in [5, 5.41) is 7.07. The van der Waals surface area contributed by atoms with Crippen molar-refractivity contribution in [3.63, 3.8) is 0 Å². The molecule has 13 aromatic rings. The lowest BCUT2D eigenvalue weighted by atomic mass is 9.84. The van der Waals surface area contributed by atoms with Crippen LogP contribution in [0.2, 0.25) is 0 Å². The summed E-state index contributed by atoms with van der Waals surface area (Å²) < 4.78 is 4.81. The van der Waals surface area contributed by atoms with Gasteiger partial charge in [0, 0.05) is 43.9 Å². The Morgan fingerprint density at radius 3 is 1.69 bits per heavy atom. The van der Waals surface area contributed by atoms with Gasteiger partial charge in [0.2, 0.25) is 0 Å². The topological polar surface area (TPSA) is 48.5 Å². The first-order chi connectivity index (χ1) is 33.7. The van der Waals surface area contributed by atoms with Crippen LogP contribution in [0.4, 0.5) is 0 Å². The fraction of sp³-hybridized carbons (Fsp3) is 0.0317. The van der Waals surface area contributed by atoms with Gasteiger partial charge in [-0.3, -0.25) is 0 Å². The summed E-state index contributed by atoms with van der Waals surface area (Å²) in [5.74, 6) is 1.88. The average molecular weight is 868 g/mol. The fourth-order valence-corrected chi connectivity index (χ4v) is 10.9. The Kier molecular flexibility index (Phi) is 8.65. The van der Waals surface area contributed by atoms with Crippen LogP contribution in [0.5, 0.6) is 0 Å². The number of aromatic nitrogens is 5. The highest BCUT2D eigenvalue weighted by atomic mass is 15.1. The SMILES string of the molecule is c1ccc(-c2ccc(-c3nc(-c4cc5c(cc4-n4c6ccccc6c6cc7ccccc7cc64)-c4ccccc4CC5)nc(-c4cccc5c4c4ccccc4n5-c4ccccc4)n3)cc2)cc1. The van der Waals surface area contributed by atoms with Crippen molar-refractivity contribution in [2.24, 2.45) is 0 Å². The van der Waals surface area contributed by atoms with Gasteiger partial charge >= 0.3 is 0 Å². The number of para-hydroxylation sites is 3. The average Bonchev–Trinajstić information content (AvgIpc) is 3.92. The van der Waals surface area contributed by atoms with Crippen molar-refractivity contribution in [2.75, 3.05) is 0 Å². The molecule has 0 radical (unpaired) electrons. The van der Waals surface area contributed by atoms with Crippen LogP contribution in [0, 0.1) is 0 Å². The van der Waals surface area contributed by atoms with Crippen LogP contribution in [-0.4, -0.2) is 24.1 Å². The van der Waals surface area contributed by atoms with E-state index in [-0.39, 0.29) is 0 Å². The first-order valence-electron chi connectivity index (χ1n) is 23.4. The van der Waals surface area contributed by atoms with E-state index in [0.717, 1.165) is 84.9 Å². The van der Waals surface area contributed by atoms with Gasteiger partial charge in [-0.15, -0.1) is 0 Å².